The van der Waals surface area contributed by atoms with Crippen LogP contribution in [0.25, 0.3) is 0 Å². The summed E-state index contributed by atoms with van der Waals surface area (Å²) in [6.45, 7) is 1.21. The lowest BCUT2D eigenvalue weighted by molar-refractivity contribution is 0.0698. The first-order chi connectivity index (χ1) is 9.41. The molecule has 0 atom stereocenters. The molecule has 0 aromatic heterocycles. The third-order valence-electron chi connectivity index (χ3n) is 3.22. The van der Waals surface area contributed by atoms with Gasteiger partial charge in [-0.25, -0.2) is 5.14 Å². The SMILES string of the molecule is CSc1ccc(C(=O)N2CCN(S(N)(=O)=O)CC2)cc1. The van der Waals surface area contributed by atoms with Gasteiger partial charge in [-0.2, -0.15) is 12.7 Å². The van der Waals surface area contributed by atoms with Crippen LogP contribution in [-0.2, 0) is 10.2 Å². The van der Waals surface area contributed by atoms with Crippen LogP contribution in [0, 0.1) is 0 Å². The molecule has 20 heavy (non-hydrogen) atoms. The Kier molecular flexibility index (Phi) is 4.69. The van der Waals surface area contributed by atoms with Crippen LogP contribution < -0.4 is 5.14 Å². The van der Waals surface area contributed by atoms with Gasteiger partial charge in [0.05, 0.1) is 0 Å². The van der Waals surface area contributed by atoms with Crippen LogP contribution in [0.15, 0.2) is 29.2 Å². The normalized spacial score (nSPS) is 17.2. The summed E-state index contributed by atoms with van der Waals surface area (Å²) in [5.41, 5.74) is 0.617. The zero-order chi connectivity index (χ0) is 14.8. The van der Waals surface area contributed by atoms with Crippen molar-refractivity contribution in [2.75, 3.05) is 32.4 Å². The zero-order valence-electron chi connectivity index (χ0n) is 11.2. The van der Waals surface area contributed by atoms with Gasteiger partial charge in [-0.05, 0) is 30.5 Å². The summed E-state index contributed by atoms with van der Waals surface area (Å²) in [6.07, 6.45) is 1.98. The number of carbonyl (C=O) groups is 1. The van der Waals surface area contributed by atoms with E-state index in [9.17, 15) is 13.2 Å². The van der Waals surface area contributed by atoms with Gasteiger partial charge in [-0.3, -0.25) is 4.79 Å². The fourth-order valence-corrected chi connectivity index (χ4v) is 3.14. The molecule has 6 nitrogen and oxygen atoms in total. The molecule has 0 spiro atoms. The Morgan fingerprint density at radius 1 is 1.15 bits per heavy atom. The smallest absolute Gasteiger partial charge is 0.277 e. The number of benzene rings is 1. The van der Waals surface area contributed by atoms with Gasteiger partial charge >= 0.3 is 0 Å². The lowest BCUT2D eigenvalue weighted by atomic mass is 10.2. The average molecular weight is 315 g/mol. The second-order valence-electron chi connectivity index (χ2n) is 4.46. The number of piperazine rings is 1. The standard InChI is InChI=1S/C12H17N3O3S2/c1-19-11-4-2-10(3-5-11)12(16)14-6-8-15(9-7-14)20(13,17)18/h2-5H,6-9H2,1H3,(H2,13,17,18). The van der Waals surface area contributed by atoms with Crippen molar-refractivity contribution in [1.82, 2.24) is 9.21 Å². The molecule has 8 heteroatoms. The summed E-state index contributed by atoms with van der Waals surface area (Å²) in [6, 6.07) is 7.39. The van der Waals surface area contributed by atoms with E-state index in [1.165, 1.54) is 4.31 Å². The predicted octanol–water partition coefficient (Wildman–Crippen LogP) is 0.370. The second kappa shape index (κ2) is 6.13. The molecule has 2 rings (SSSR count). The minimum Gasteiger partial charge on any atom is -0.336 e. The first-order valence-electron chi connectivity index (χ1n) is 6.13. The van der Waals surface area contributed by atoms with E-state index in [0.29, 0.717) is 18.7 Å². The number of nitrogens with zero attached hydrogens (tertiary/aromatic N) is 2. The lowest BCUT2D eigenvalue weighted by Gasteiger charge is -2.33. The van der Waals surface area contributed by atoms with Crippen molar-refractivity contribution in [2.45, 2.75) is 4.90 Å². The van der Waals surface area contributed by atoms with Crippen molar-refractivity contribution in [2.24, 2.45) is 5.14 Å². The Morgan fingerprint density at radius 3 is 2.15 bits per heavy atom. The molecule has 110 valence electrons. The predicted molar refractivity (Wildman–Crippen MR) is 78.8 cm³/mol. The number of thioether (sulfide) groups is 1. The molecule has 1 aromatic carbocycles. The third-order valence-corrected chi connectivity index (χ3v) is 5.05. The van der Waals surface area contributed by atoms with Crippen molar-refractivity contribution in [3.05, 3.63) is 29.8 Å². The van der Waals surface area contributed by atoms with E-state index in [-0.39, 0.29) is 19.0 Å². The molecule has 2 N–H and O–H groups in total. The summed E-state index contributed by atoms with van der Waals surface area (Å²) in [5.74, 6) is -0.0771. The van der Waals surface area contributed by atoms with Gasteiger partial charge in [0.1, 0.15) is 0 Å². The van der Waals surface area contributed by atoms with E-state index in [0.717, 1.165) is 4.90 Å². The fourth-order valence-electron chi connectivity index (χ4n) is 2.06. The van der Waals surface area contributed by atoms with E-state index >= 15 is 0 Å². The highest BCUT2D eigenvalue weighted by molar-refractivity contribution is 7.98. The van der Waals surface area contributed by atoms with Gasteiger partial charge in [0.2, 0.25) is 0 Å². The molecule has 0 saturated carbocycles. The van der Waals surface area contributed by atoms with Crippen LogP contribution in [0.1, 0.15) is 10.4 Å². The summed E-state index contributed by atoms with van der Waals surface area (Å²) in [4.78, 5) is 15.0. The number of hydrogen-bond donors (Lipinski definition) is 1. The van der Waals surface area contributed by atoms with Crippen molar-refractivity contribution < 1.29 is 13.2 Å². The summed E-state index contributed by atoms with van der Waals surface area (Å²) >= 11 is 1.62. The Morgan fingerprint density at radius 2 is 1.70 bits per heavy atom. The van der Waals surface area contributed by atoms with Crippen LogP contribution in [0.5, 0.6) is 0 Å². The van der Waals surface area contributed by atoms with Gasteiger partial charge in [0, 0.05) is 36.6 Å². The highest BCUT2D eigenvalue weighted by Gasteiger charge is 2.26. The molecule has 1 aliphatic heterocycles. The largest absolute Gasteiger partial charge is 0.336 e. The first-order valence-corrected chi connectivity index (χ1v) is 8.86. The van der Waals surface area contributed by atoms with Gasteiger partial charge in [-0.1, -0.05) is 0 Å². The topological polar surface area (TPSA) is 83.7 Å². The molecule has 0 unspecified atom stereocenters. The van der Waals surface area contributed by atoms with Crippen LogP contribution in [-0.4, -0.2) is 56.0 Å². The van der Waals surface area contributed by atoms with E-state index in [2.05, 4.69) is 0 Å². The number of rotatable bonds is 3. The minimum atomic E-state index is -3.66. The van der Waals surface area contributed by atoms with Gasteiger partial charge in [0.25, 0.3) is 16.1 Å². The minimum absolute atomic E-state index is 0.0771. The third kappa shape index (κ3) is 3.51. The molecule has 1 heterocycles. The number of carbonyl (C=O) groups excluding carboxylic acids is 1. The van der Waals surface area contributed by atoms with Crippen LogP contribution in [0.2, 0.25) is 0 Å². The molecule has 1 aliphatic rings. The highest BCUT2D eigenvalue weighted by atomic mass is 32.2. The Hall–Kier alpha value is -1.09. The monoisotopic (exact) mass is 315 g/mol. The second-order valence-corrected chi connectivity index (χ2v) is 6.89. The zero-order valence-corrected chi connectivity index (χ0v) is 12.8. The molecule has 1 fully saturated rings. The summed E-state index contributed by atoms with van der Waals surface area (Å²) in [7, 11) is -3.66. The number of nitrogens with two attached hydrogens (primary N) is 1. The van der Waals surface area contributed by atoms with Gasteiger partial charge < -0.3 is 4.90 Å². The van der Waals surface area contributed by atoms with Crippen LogP contribution in [0.3, 0.4) is 0 Å². The maximum atomic E-state index is 12.3. The maximum Gasteiger partial charge on any atom is 0.277 e. The van der Waals surface area contributed by atoms with Crippen molar-refractivity contribution in [1.29, 1.82) is 0 Å². The van der Waals surface area contributed by atoms with E-state index < -0.39 is 10.2 Å². The molecule has 0 radical (unpaired) electrons. The van der Waals surface area contributed by atoms with Crippen LogP contribution >= 0.6 is 11.8 Å². The molecule has 1 aromatic rings. The molecule has 1 amide bonds. The fraction of sp³-hybridized carbons (Fsp3) is 0.417. The molecule has 0 bridgehead atoms. The van der Waals surface area contributed by atoms with Crippen molar-refractivity contribution in [3.8, 4) is 0 Å². The quantitative estimate of drug-likeness (QED) is 0.817. The summed E-state index contributed by atoms with van der Waals surface area (Å²) in [5, 5.41) is 5.07. The van der Waals surface area contributed by atoms with Gasteiger partial charge in [0.15, 0.2) is 0 Å². The van der Waals surface area contributed by atoms with Crippen molar-refractivity contribution >= 4 is 27.9 Å². The first kappa shape index (κ1) is 15.3. The van der Waals surface area contributed by atoms with Crippen LogP contribution in [0.4, 0.5) is 0 Å². The molecular formula is C12H17N3O3S2. The molecule has 0 aliphatic carbocycles. The molecular weight excluding hydrogens is 298 g/mol. The lowest BCUT2D eigenvalue weighted by Crippen LogP contribution is -2.52. The Balaban J connectivity index is 2.01. The van der Waals surface area contributed by atoms with Crippen molar-refractivity contribution in [3.63, 3.8) is 0 Å². The van der Waals surface area contributed by atoms with E-state index in [1.807, 2.05) is 18.4 Å². The number of amides is 1. The molecule has 1 saturated heterocycles. The Labute approximate surface area is 123 Å². The number of hydrogen-bond acceptors (Lipinski definition) is 4. The maximum absolute atomic E-state index is 12.3. The van der Waals surface area contributed by atoms with E-state index in [4.69, 9.17) is 5.14 Å². The Bertz CT molecular complexity index is 578. The summed E-state index contributed by atoms with van der Waals surface area (Å²) < 4.78 is 23.6. The highest BCUT2D eigenvalue weighted by Crippen LogP contribution is 2.16. The average Bonchev–Trinajstić information content (AvgIpc) is 2.46. The van der Waals surface area contributed by atoms with Gasteiger partial charge in [-0.15, -0.1) is 11.8 Å². The van der Waals surface area contributed by atoms with E-state index in [1.54, 1.807) is 28.8 Å².